The van der Waals surface area contributed by atoms with Crippen LogP contribution in [0, 0.1) is 0 Å². The molecule has 2 rings (SSSR count). The molecule has 0 fully saturated rings. The number of hydrogen-bond donors (Lipinski definition) is 2. The predicted octanol–water partition coefficient (Wildman–Crippen LogP) is 3.12. The Hall–Kier alpha value is -2.01. The molecule has 5 nitrogen and oxygen atoms in total. The van der Waals surface area contributed by atoms with E-state index < -0.39 is 0 Å². The Kier molecular flexibility index (Phi) is 5.22. The number of nitrogens with one attached hydrogen (secondary N) is 2. The summed E-state index contributed by atoms with van der Waals surface area (Å²) < 4.78 is 1.82. The van der Waals surface area contributed by atoms with Crippen molar-refractivity contribution >= 4 is 17.6 Å². The largest absolute Gasteiger partial charge is 0.332 e. The third-order valence-electron chi connectivity index (χ3n) is 3.17. The molecule has 0 saturated carbocycles. The van der Waals surface area contributed by atoms with E-state index in [4.69, 9.17) is 11.6 Å². The van der Waals surface area contributed by atoms with Crippen LogP contribution in [0.15, 0.2) is 36.5 Å². The molecule has 0 aliphatic rings. The van der Waals surface area contributed by atoms with E-state index in [1.165, 1.54) is 0 Å². The van der Waals surface area contributed by atoms with Crippen LogP contribution in [-0.2, 0) is 13.1 Å². The lowest BCUT2D eigenvalue weighted by Crippen LogP contribution is -2.36. The smallest absolute Gasteiger partial charge is 0.315 e. The summed E-state index contributed by atoms with van der Waals surface area (Å²) in [5.41, 5.74) is 1.84. The maximum Gasteiger partial charge on any atom is 0.315 e. The zero-order chi connectivity index (χ0) is 15.2. The molecule has 1 heterocycles. The van der Waals surface area contributed by atoms with Crippen LogP contribution in [-0.4, -0.2) is 15.8 Å². The van der Waals surface area contributed by atoms with Crippen LogP contribution in [0.2, 0.25) is 5.02 Å². The van der Waals surface area contributed by atoms with Gasteiger partial charge >= 0.3 is 6.03 Å². The lowest BCUT2D eigenvalue weighted by molar-refractivity contribution is 0.237. The molecular weight excluding hydrogens is 288 g/mol. The van der Waals surface area contributed by atoms with Crippen molar-refractivity contribution < 1.29 is 4.79 Å². The van der Waals surface area contributed by atoms with Gasteiger partial charge in [-0.15, -0.1) is 0 Å². The number of halogens is 1. The van der Waals surface area contributed by atoms with Gasteiger partial charge in [-0.3, -0.25) is 4.68 Å². The zero-order valence-corrected chi connectivity index (χ0v) is 12.9. The van der Waals surface area contributed by atoms with Gasteiger partial charge in [0.25, 0.3) is 0 Å². The molecule has 1 aromatic carbocycles. The molecule has 0 radical (unpaired) electrons. The minimum absolute atomic E-state index is 0.0875. The highest BCUT2D eigenvalue weighted by Gasteiger charge is 2.09. The molecule has 1 atom stereocenters. The first-order valence-corrected chi connectivity index (χ1v) is 7.28. The molecule has 0 spiro atoms. The summed E-state index contributed by atoms with van der Waals surface area (Å²) in [6.07, 6.45) is 1.89. The summed E-state index contributed by atoms with van der Waals surface area (Å²) in [6.45, 7) is 5.17. The summed E-state index contributed by atoms with van der Waals surface area (Å²) in [5.74, 6) is 0. The van der Waals surface area contributed by atoms with Gasteiger partial charge in [-0.25, -0.2) is 4.79 Å². The predicted molar refractivity (Wildman–Crippen MR) is 83.1 cm³/mol. The van der Waals surface area contributed by atoms with Crippen molar-refractivity contribution in [1.82, 2.24) is 20.4 Å². The van der Waals surface area contributed by atoms with Gasteiger partial charge in [0.05, 0.1) is 18.3 Å². The van der Waals surface area contributed by atoms with E-state index in [2.05, 4.69) is 15.7 Å². The van der Waals surface area contributed by atoms with E-state index in [0.29, 0.717) is 11.6 Å². The van der Waals surface area contributed by atoms with E-state index in [1.807, 2.05) is 55.1 Å². The Morgan fingerprint density at radius 2 is 2.05 bits per heavy atom. The summed E-state index contributed by atoms with van der Waals surface area (Å²) in [6, 6.07) is 9.01. The van der Waals surface area contributed by atoms with Gasteiger partial charge in [-0.1, -0.05) is 23.7 Å². The molecule has 2 aromatic rings. The van der Waals surface area contributed by atoms with Gasteiger partial charge in [0.1, 0.15) is 0 Å². The van der Waals surface area contributed by atoms with Crippen molar-refractivity contribution in [3.63, 3.8) is 0 Å². The van der Waals surface area contributed by atoms with Crippen LogP contribution in [0.3, 0.4) is 0 Å². The van der Waals surface area contributed by atoms with E-state index in [1.54, 1.807) is 0 Å². The molecule has 0 aliphatic carbocycles. The van der Waals surface area contributed by atoms with Crippen LogP contribution in [0.4, 0.5) is 4.79 Å². The van der Waals surface area contributed by atoms with Crippen LogP contribution >= 0.6 is 11.6 Å². The summed E-state index contributed by atoms with van der Waals surface area (Å²) in [4.78, 5) is 11.9. The van der Waals surface area contributed by atoms with Gasteiger partial charge in [0.2, 0.25) is 0 Å². The number of aromatic nitrogens is 2. The maximum atomic E-state index is 11.9. The fraction of sp³-hybridized carbons (Fsp3) is 0.333. The van der Waals surface area contributed by atoms with E-state index in [9.17, 15) is 4.79 Å². The van der Waals surface area contributed by atoms with Crippen molar-refractivity contribution in [2.45, 2.75) is 33.0 Å². The average Bonchev–Trinajstić information content (AvgIpc) is 2.94. The molecule has 0 unspecified atom stereocenters. The Morgan fingerprint density at radius 3 is 2.67 bits per heavy atom. The number of urea groups is 1. The van der Waals surface area contributed by atoms with Gasteiger partial charge in [0, 0.05) is 17.8 Å². The first-order chi connectivity index (χ1) is 10.1. The average molecular weight is 307 g/mol. The van der Waals surface area contributed by atoms with Gasteiger partial charge in [-0.05, 0) is 37.6 Å². The molecule has 21 heavy (non-hydrogen) atoms. The number of amides is 2. The maximum absolute atomic E-state index is 11.9. The fourth-order valence-electron chi connectivity index (χ4n) is 1.93. The molecule has 2 N–H and O–H groups in total. The molecule has 1 aromatic heterocycles. The fourth-order valence-corrected chi connectivity index (χ4v) is 2.05. The molecule has 0 aliphatic heterocycles. The quantitative estimate of drug-likeness (QED) is 0.891. The zero-order valence-electron chi connectivity index (χ0n) is 12.1. The van der Waals surface area contributed by atoms with Gasteiger partial charge < -0.3 is 10.6 Å². The molecule has 6 heteroatoms. The second-order valence-corrected chi connectivity index (χ2v) is 5.20. The molecule has 0 saturated heterocycles. The van der Waals surface area contributed by atoms with Gasteiger partial charge in [0.15, 0.2) is 0 Å². The van der Waals surface area contributed by atoms with Crippen molar-refractivity contribution in [2.75, 3.05) is 0 Å². The number of rotatable bonds is 5. The number of benzene rings is 1. The molecule has 0 bridgehead atoms. The third-order valence-corrected chi connectivity index (χ3v) is 3.42. The Balaban J connectivity index is 1.82. The van der Waals surface area contributed by atoms with E-state index in [-0.39, 0.29) is 12.1 Å². The normalized spacial score (nSPS) is 12.0. The highest BCUT2D eigenvalue weighted by molar-refractivity contribution is 6.30. The number of hydrogen-bond acceptors (Lipinski definition) is 2. The first-order valence-electron chi connectivity index (χ1n) is 6.90. The molecule has 2 amide bonds. The monoisotopic (exact) mass is 306 g/mol. The van der Waals surface area contributed by atoms with Crippen LogP contribution in [0.5, 0.6) is 0 Å². The van der Waals surface area contributed by atoms with Crippen LogP contribution < -0.4 is 10.6 Å². The third kappa shape index (κ3) is 4.49. The van der Waals surface area contributed by atoms with Gasteiger partial charge in [-0.2, -0.15) is 5.10 Å². The Morgan fingerprint density at radius 1 is 1.33 bits per heavy atom. The van der Waals surface area contributed by atoms with Crippen molar-refractivity contribution in [2.24, 2.45) is 0 Å². The summed E-state index contributed by atoms with van der Waals surface area (Å²) in [5, 5.41) is 10.7. The molecule has 112 valence electrons. The van der Waals surface area contributed by atoms with E-state index in [0.717, 1.165) is 17.8 Å². The number of carbonyl (C=O) groups is 1. The Bertz CT molecular complexity index is 594. The first kappa shape index (κ1) is 15.4. The minimum Gasteiger partial charge on any atom is -0.332 e. The number of carbonyl (C=O) groups excluding carboxylic acids is 1. The summed E-state index contributed by atoms with van der Waals surface area (Å²) >= 11 is 5.84. The SMILES string of the molecule is CCn1ccc(CNC(=O)N[C@H](C)c2ccc(Cl)cc2)n1. The molecular formula is C15H19ClN4O. The number of aryl methyl sites for hydroxylation is 1. The lowest BCUT2D eigenvalue weighted by atomic mass is 10.1. The van der Waals surface area contributed by atoms with Crippen LogP contribution in [0.1, 0.15) is 31.1 Å². The van der Waals surface area contributed by atoms with Crippen molar-refractivity contribution in [3.05, 3.63) is 52.8 Å². The lowest BCUT2D eigenvalue weighted by Gasteiger charge is -2.14. The van der Waals surface area contributed by atoms with Crippen LogP contribution in [0.25, 0.3) is 0 Å². The van der Waals surface area contributed by atoms with Crippen molar-refractivity contribution in [3.8, 4) is 0 Å². The summed E-state index contributed by atoms with van der Waals surface area (Å²) in [7, 11) is 0. The van der Waals surface area contributed by atoms with Crippen molar-refractivity contribution in [1.29, 1.82) is 0 Å². The minimum atomic E-state index is -0.219. The van der Waals surface area contributed by atoms with E-state index >= 15 is 0 Å². The second-order valence-electron chi connectivity index (χ2n) is 4.76. The standard InChI is InChI=1S/C15H19ClN4O/c1-3-20-9-8-14(19-20)10-17-15(21)18-11(2)12-4-6-13(16)7-5-12/h4-9,11H,3,10H2,1-2H3,(H2,17,18,21)/t11-/m1/s1. The topological polar surface area (TPSA) is 59.0 Å². The number of nitrogens with zero attached hydrogens (tertiary/aromatic N) is 2. The highest BCUT2D eigenvalue weighted by Crippen LogP contribution is 2.15. The second kappa shape index (κ2) is 7.13. The highest BCUT2D eigenvalue weighted by atomic mass is 35.5. The Labute approximate surface area is 129 Å².